The Bertz CT molecular complexity index is 394. The summed E-state index contributed by atoms with van der Waals surface area (Å²) in [4.78, 5) is 16.7. The van der Waals surface area contributed by atoms with Crippen LogP contribution in [0.4, 0.5) is 0 Å². The van der Waals surface area contributed by atoms with Gasteiger partial charge in [-0.3, -0.25) is 4.79 Å². The third-order valence-electron chi connectivity index (χ3n) is 3.16. The van der Waals surface area contributed by atoms with Gasteiger partial charge in [-0.25, -0.2) is 4.98 Å². The number of ketones is 1. The molecule has 1 aromatic rings. The summed E-state index contributed by atoms with van der Waals surface area (Å²) in [6.45, 7) is 3.56. The summed E-state index contributed by atoms with van der Waals surface area (Å²) >= 11 is 3.60. The van der Waals surface area contributed by atoms with Gasteiger partial charge in [0.2, 0.25) is 0 Å². The lowest BCUT2D eigenvalue weighted by Crippen LogP contribution is -2.08. The highest BCUT2D eigenvalue weighted by Crippen LogP contribution is 2.32. The molecule has 2 nitrogen and oxygen atoms in total. The molecule has 1 fully saturated rings. The average molecular weight is 269 g/mol. The van der Waals surface area contributed by atoms with Crippen molar-refractivity contribution in [1.82, 2.24) is 4.98 Å². The molecule has 0 spiro atoms. The fourth-order valence-corrected chi connectivity index (χ4v) is 4.57. The second kappa shape index (κ2) is 6.01. The van der Waals surface area contributed by atoms with E-state index < -0.39 is 0 Å². The molecule has 1 saturated carbocycles. The molecule has 0 bridgehead atoms. The smallest absolute Gasteiger partial charge is 0.171 e. The molecule has 0 amide bonds. The van der Waals surface area contributed by atoms with Crippen LogP contribution in [-0.4, -0.2) is 16.0 Å². The van der Waals surface area contributed by atoms with Crippen molar-refractivity contribution in [1.29, 1.82) is 0 Å². The minimum Gasteiger partial charge on any atom is -0.294 e. The minimum atomic E-state index is 0.147. The zero-order valence-electron chi connectivity index (χ0n) is 10.5. The van der Waals surface area contributed by atoms with Crippen LogP contribution in [0.3, 0.4) is 0 Å². The SMILES string of the molecule is CC(=O)c1sc(CSC2CCCCC2)nc1C. The van der Waals surface area contributed by atoms with Gasteiger partial charge >= 0.3 is 0 Å². The Hall–Kier alpha value is -0.350. The largest absolute Gasteiger partial charge is 0.294 e. The second-order valence-electron chi connectivity index (χ2n) is 4.65. The highest BCUT2D eigenvalue weighted by atomic mass is 32.2. The average Bonchev–Trinajstić information content (AvgIpc) is 2.69. The Balaban J connectivity index is 1.90. The molecule has 0 unspecified atom stereocenters. The number of Topliss-reactive ketones (excluding diaryl/α,β-unsaturated/α-hetero) is 1. The van der Waals surface area contributed by atoms with Crippen molar-refractivity contribution in [2.24, 2.45) is 0 Å². The van der Waals surface area contributed by atoms with Crippen LogP contribution in [0.1, 0.15) is 59.4 Å². The first-order valence-electron chi connectivity index (χ1n) is 6.25. The van der Waals surface area contributed by atoms with Gasteiger partial charge in [0.15, 0.2) is 5.78 Å². The maximum atomic E-state index is 11.3. The first kappa shape index (κ1) is 13.1. The van der Waals surface area contributed by atoms with E-state index in [1.165, 1.54) is 32.1 Å². The molecule has 1 aliphatic carbocycles. The molecule has 17 heavy (non-hydrogen) atoms. The van der Waals surface area contributed by atoms with Gasteiger partial charge in [0.05, 0.1) is 10.6 Å². The number of nitrogens with zero attached hydrogens (tertiary/aromatic N) is 1. The lowest BCUT2D eigenvalue weighted by atomic mass is 10.0. The molecule has 0 radical (unpaired) electrons. The van der Waals surface area contributed by atoms with Crippen LogP contribution in [0.5, 0.6) is 0 Å². The summed E-state index contributed by atoms with van der Waals surface area (Å²) in [5.74, 6) is 1.12. The van der Waals surface area contributed by atoms with Gasteiger partial charge in [-0.15, -0.1) is 11.3 Å². The van der Waals surface area contributed by atoms with Crippen molar-refractivity contribution in [2.45, 2.75) is 57.0 Å². The van der Waals surface area contributed by atoms with E-state index in [1.807, 2.05) is 18.7 Å². The normalized spacial score (nSPS) is 17.3. The summed E-state index contributed by atoms with van der Waals surface area (Å²) in [6.07, 6.45) is 6.88. The summed E-state index contributed by atoms with van der Waals surface area (Å²) < 4.78 is 0. The van der Waals surface area contributed by atoms with Crippen LogP contribution < -0.4 is 0 Å². The van der Waals surface area contributed by atoms with Crippen molar-refractivity contribution in [3.63, 3.8) is 0 Å². The third kappa shape index (κ3) is 3.55. The molecule has 0 atom stereocenters. The van der Waals surface area contributed by atoms with Crippen LogP contribution in [-0.2, 0) is 5.75 Å². The van der Waals surface area contributed by atoms with Gasteiger partial charge < -0.3 is 0 Å². The maximum absolute atomic E-state index is 11.3. The van der Waals surface area contributed by atoms with Gasteiger partial charge in [0, 0.05) is 17.9 Å². The third-order valence-corrected chi connectivity index (χ3v) is 5.98. The molecule has 1 heterocycles. The number of aryl methyl sites for hydroxylation is 1. The van der Waals surface area contributed by atoms with Crippen molar-refractivity contribution in [3.8, 4) is 0 Å². The molecule has 1 aliphatic rings. The lowest BCUT2D eigenvalue weighted by Gasteiger charge is -2.20. The molecular weight excluding hydrogens is 250 g/mol. The predicted octanol–water partition coefficient (Wildman–Crippen LogP) is 4.22. The van der Waals surface area contributed by atoms with E-state index in [0.29, 0.717) is 0 Å². The summed E-state index contributed by atoms with van der Waals surface area (Å²) in [5.41, 5.74) is 0.904. The van der Waals surface area contributed by atoms with E-state index in [4.69, 9.17) is 0 Å². The topological polar surface area (TPSA) is 30.0 Å². The van der Waals surface area contributed by atoms with E-state index in [1.54, 1.807) is 18.3 Å². The highest BCUT2D eigenvalue weighted by molar-refractivity contribution is 7.99. The van der Waals surface area contributed by atoms with Gasteiger partial charge in [0.25, 0.3) is 0 Å². The van der Waals surface area contributed by atoms with E-state index >= 15 is 0 Å². The molecular formula is C13H19NOS2. The maximum Gasteiger partial charge on any atom is 0.171 e. The molecule has 0 aliphatic heterocycles. The fourth-order valence-electron chi connectivity index (χ4n) is 2.26. The van der Waals surface area contributed by atoms with Gasteiger partial charge in [-0.05, 0) is 19.8 Å². The van der Waals surface area contributed by atoms with Crippen LogP contribution in [0.25, 0.3) is 0 Å². The number of thioether (sulfide) groups is 1. The standard InChI is InChI=1S/C13H19NOS2/c1-9-13(10(2)15)17-12(14-9)8-16-11-6-4-3-5-7-11/h11H,3-8H2,1-2H3. The Morgan fingerprint density at radius 2 is 2.12 bits per heavy atom. The number of hydrogen-bond acceptors (Lipinski definition) is 4. The monoisotopic (exact) mass is 269 g/mol. The van der Waals surface area contributed by atoms with Crippen molar-refractivity contribution < 1.29 is 4.79 Å². The van der Waals surface area contributed by atoms with E-state index in [9.17, 15) is 4.79 Å². The Morgan fingerprint density at radius 1 is 1.41 bits per heavy atom. The van der Waals surface area contributed by atoms with Crippen molar-refractivity contribution in [3.05, 3.63) is 15.6 Å². The first-order valence-corrected chi connectivity index (χ1v) is 8.12. The van der Waals surface area contributed by atoms with E-state index in [0.717, 1.165) is 26.6 Å². The molecule has 0 N–H and O–H groups in total. The second-order valence-corrected chi connectivity index (χ2v) is 7.02. The quantitative estimate of drug-likeness (QED) is 0.767. The van der Waals surface area contributed by atoms with Crippen LogP contribution in [0, 0.1) is 6.92 Å². The number of hydrogen-bond donors (Lipinski definition) is 0. The summed E-state index contributed by atoms with van der Waals surface area (Å²) in [6, 6.07) is 0. The van der Waals surface area contributed by atoms with Gasteiger partial charge in [0.1, 0.15) is 5.01 Å². The molecule has 2 rings (SSSR count). The van der Waals surface area contributed by atoms with Crippen molar-refractivity contribution >= 4 is 28.9 Å². The van der Waals surface area contributed by atoms with Crippen LogP contribution >= 0.6 is 23.1 Å². The molecule has 1 aromatic heterocycles. The molecule has 4 heteroatoms. The highest BCUT2D eigenvalue weighted by Gasteiger charge is 2.16. The molecule has 94 valence electrons. The van der Waals surface area contributed by atoms with Gasteiger partial charge in [-0.2, -0.15) is 11.8 Å². The predicted molar refractivity (Wildman–Crippen MR) is 75.0 cm³/mol. The molecule has 0 saturated heterocycles. The number of thiazole rings is 1. The van der Waals surface area contributed by atoms with Gasteiger partial charge in [-0.1, -0.05) is 19.3 Å². The Labute approximate surface area is 111 Å². The van der Waals surface area contributed by atoms with E-state index in [2.05, 4.69) is 4.98 Å². The zero-order valence-corrected chi connectivity index (χ0v) is 12.1. The number of carbonyl (C=O) groups is 1. The van der Waals surface area contributed by atoms with Crippen LogP contribution in [0.2, 0.25) is 0 Å². The van der Waals surface area contributed by atoms with Crippen molar-refractivity contribution in [2.75, 3.05) is 0 Å². The minimum absolute atomic E-state index is 0.147. The summed E-state index contributed by atoms with van der Waals surface area (Å²) in [5, 5.41) is 1.93. The molecule has 0 aromatic carbocycles. The van der Waals surface area contributed by atoms with Crippen LogP contribution in [0.15, 0.2) is 0 Å². The van der Waals surface area contributed by atoms with E-state index in [-0.39, 0.29) is 5.78 Å². The zero-order chi connectivity index (χ0) is 12.3. The summed E-state index contributed by atoms with van der Waals surface area (Å²) in [7, 11) is 0. The number of rotatable bonds is 4. The number of carbonyl (C=O) groups excluding carboxylic acids is 1. The lowest BCUT2D eigenvalue weighted by molar-refractivity contribution is 0.102. The number of aromatic nitrogens is 1. The Kier molecular flexibility index (Phi) is 4.62. The fraction of sp³-hybridized carbons (Fsp3) is 0.692. The Morgan fingerprint density at radius 3 is 2.71 bits per heavy atom. The first-order chi connectivity index (χ1) is 8.16.